The van der Waals surface area contributed by atoms with Crippen LogP contribution in [0.4, 0.5) is 11.5 Å². The molecule has 1 aliphatic rings. The lowest BCUT2D eigenvalue weighted by Crippen LogP contribution is -2.44. The van der Waals surface area contributed by atoms with Crippen LogP contribution in [0.25, 0.3) is 0 Å². The number of aromatic amines is 1. The van der Waals surface area contributed by atoms with E-state index in [2.05, 4.69) is 44.5 Å². The number of anilines is 2. The molecular weight excluding hydrogens is 446 g/mol. The maximum Gasteiger partial charge on any atom is 0.229 e. The van der Waals surface area contributed by atoms with Gasteiger partial charge in [0.05, 0.1) is 11.4 Å². The van der Waals surface area contributed by atoms with E-state index in [1.807, 2.05) is 52.0 Å². The minimum absolute atomic E-state index is 0.00522. The Labute approximate surface area is 205 Å². The molecule has 2 aromatic heterocycles. The quantitative estimate of drug-likeness (QED) is 0.517. The van der Waals surface area contributed by atoms with Gasteiger partial charge >= 0.3 is 0 Å². The number of aromatic nitrogens is 4. The van der Waals surface area contributed by atoms with Gasteiger partial charge in [0, 0.05) is 60.4 Å². The molecule has 0 atom stereocenters. The van der Waals surface area contributed by atoms with Crippen LogP contribution in [-0.4, -0.2) is 64.2 Å². The van der Waals surface area contributed by atoms with Crippen molar-refractivity contribution < 1.29 is 4.79 Å². The number of rotatable bonds is 6. The molecule has 1 aliphatic heterocycles. The molecule has 2 N–H and O–H groups in total. The van der Waals surface area contributed by atoms with Crippen molar-refractivity contribution in [3.8, 4) is 0 Å². The molecule has 4 rings (SSSR count). The standard InChI is InChI=1S/C25H33N7OS/c1-17-14-20(30-29-17)15-19-16-22(32-12-10-31(5)11-13-32)28-24(27-19)34-21-8-6-18(7-9-21)26-23(33)25(2,3)4/h6-9,14,16H,10-13,15H2,1-5H3,(H,26,33)(H,29,30). The highest BCUT2D eigenvalue weighted by Gasteiger charge is 2.21. The molecule has 9 heteroatoms. The number of nitrogens with one attached hydrogen (secondary N) is 2. The van der Waals surface area contributed by atoms with E-state index in [0.717, 1.165) is 59.7 Å². The minimum Gasteiger partial charge on any atom is -0.354 e. The van der Waals surface area contributed by atoms with Gasteiger partial charge in [-0.1, -0.05) is 20.8 Å². The molecule has 0 unspecified atom stereocenters. The first kappa shape index (κ1) is 24.2. The van der Waals surface area contributed by atoms with Crippen LogP contribution in [0.5, 0.6) is 0 Å². The van der Waals surface area contributed by atoms with Crippen molar-refractivity contribution in [3.63, 3.8) is 0 Å². The summed E-state index contributed by atoms with van der Waals surface area (Å²) in [6, 6.07) is 12.0. The van der Waals surface area contributed by atoms with Gasteiger partial charge in [-0.2, -0.15) is 5.10 Å². The van der Waals surface area contributed by atoms with Gasteiger partial charge in [-0.05, 0) is 56.1 Å². The van der Waals surface area contributed by atoms with Gasteiger partial charge in [0.25, 0.3) is 0 Å². The highest BCUT2D eigenvalue weighted by molar-refractivity contribution is 7.99. The number of likely N-dealkylation sites (N-methyl/N-ethyl adjacent to an activating group) is 1. The van der Waals surface area contributed by atoms with Gasteiger partial charge in [0.1, 0.15) is 5.82 Å². The second-order valence-corrected chi connectivity index (χ2v) is 10.9. The number of H-pyrrole nitrogens is 1. The van der Waals surface area contributed by atoms with E-state index < -0.39 is 5.41 Å². The lowest BCUT2D eigenvalue weighted by Gasteiger charge is -2.33. The molecule has 180 valence electrons. The maximum atomic E-state index is 12.3. The first-order valence-electron chi connectivity index (χ1n) is 11.6. The van der Waals surface area contributed by atoms with Gasteiger partial charge in [0.15, 0.2) is 5.16 Å². The van der Waals surface area contributed by atoms with Crippen molar-refractivity contribution in [2.24, 2.45) is 5.41 Å². The van der Waals surface area contributed by atoms with Crippen LogP contribution in [0.2, 0.25) is 0 Å². The van der Waals surface area contributed by atoms with Crippen molar-refractivity contribution in [1.82, 2.24) is 25.1 Å². The summed E-state index contributed by atoms with van der Waals surface area (Å²) < 4.78 is 0. The van der Waals surface area contributed by atoms with Gasteiger partial charge in [-0.3, -0.25) is 9.89 Å². The molecule has 0 radical (unpaired) electrons. The third-order valence-electron chi connectivity index (χ3n) is 5.70. The largest absolute Gasteiger partial charge is 0.354 e. The summed E-state index contributed by atoms with van der Waals surface area (Å²) in [6.45, 7) is 11.6. The number of nitrogens with zero attached hydrogens (tertiary/aromatic N) is 5. The van der Waals surface area contributed by atoms with Crippen LogP contribution in [0, 0.1) is 12.3 Å². The van der Waals surface area contributed by atoms with Crippen LogP contribution in [0.3, 0.4) is 0 Å². The summed E-state index contributed by atoms with van der Waals surface area (Å²) in [5.41, 5.74) is 3.30. The van der Waals surface area contributed by atoms with E-state index in [-0.39, 0.29) is 5.91 Å². The predicted octanol–water partition coefficient (Wildman–Crippen LogP) is 3.99. The summed E-state index contributed by atoms with van der Waals surface area (Å²) in [4.78, 5) is 27.7. The summed E-state index contributed by atoms with van der Waals surface area (Å²) in [6.07, 6.45) is 0.652. The smallest absolute Gasteiger partial charge is 0.229 e. The Morgan fingerprint density at radius 2 is 1.76 bits per heavy atom. The predicted molar refractivity (Wildman–Crippen MR) is 137 cm³/mol. The van der Waals surface area contributed by atoms with E-state index in [0.29, 0.717) is 11.6 Å². The topological polar surface area (TPSA) is 90.0 Å². The highest BCUT2D eigenvalue weighted by Crippen LogP contribution is 2.29. The monoisotopic (exact) mass is 479 g/mol. The number of carbonyl (C=O) groups excluding carboxylic acids is 1. The zero-order chi connectivity index (χ0) is 24.3. The Kier molecular flexibility index (Phi) is 7.23. The fraction of sp³-hybridized carbons (Fsp3) is 0.440. The van der Waals surface area contributed by atoms with Crippen LogP contribution >= 0.6 is 11.8 Å². The van der Waals surface area contributed by atoms with Crippen molar-refractivity contribution in [2.45, 2.75) is 44.2 Å². The molecule has 1 amide bonds. The van der Waals surface area contributed by atoms with Crippen molar-refractivity contribution in [1.29, 1.82) is 0 Å². The van der Waals surface area contributed by atoms with E-state index in [1.54, 1.807) is 0 Å². The summed E-state index contributed by atoms with van der Waals surface area (Å²) in [7, 11) is 2.15. The van der Waals surface area contributed by atoms with E-state index >= 15 is 0 Å². The molecule has 8 nitrogen and oxygen atoms in total. The molecule has 0 bridgehead atoms. The van der Waals surface area contributed by atoms with Gasteiger partial charge in [0.2, 0.25) is 5.91 Å². The highest BCUT2D eigenvalue weighted by atomic mass is 32.2. The average Bonchev–Trinajstić information content (AvgIpc) is 3.19. The van der Waals surface area contributed by atoms with E-state index in [1.165, 1.54) is 11.8 Å². The van der Waals surface area contributed by atoms with Crippen molar-refractivity contribution in [2.75, 3.05) is 43.4 Å². The molecule has 1 fully saturated rings. The number of amides is 1. The van der Waals surface area contributed by atoms with Crippen LogP contribution in [0.1, 0.15) is 37.9 Å². The van der Waals surface area contributed by atoms with Gasteiger partial charge in [-0.25, -0.2) is 9.97 Å². The lowest BCUT2D eigenvalue weighted by atomic mass is 9.95. The Morgan fingerprint density at radius 1 is 1.06 bits per heavy atom. The molecule has 34 heavy (non-hydrogen) atoms. The molecule has 3 aromatic rings. The summed E-state index contributed by atoms with van der Waals surface area (Å²) in [5.74, 6) is 0.955. The van der Waals surface area contributed by atoms with Crippen molar-refractivity contribution >= 4 is 29.2 Å². The second-order valence-electron chi connectivity index (χ2n) is 9.84. The number of piperazine rings is 1. The number of carbonyl (C=O) groups is 1. The first-order chi connectivity index (χ1) is 16.2. The number of hydrogen-bond donors (Lipinski definition) is 2. The maximum absolute atomic E-state index is 12.3. The first-order valence-corrected chi connectivity index (χ1v) is 12.4. The minimum atomic E-state index is -0.436. The summed E-state index contributed by atoms with van der Waals surface area (Å²) in [5, 5.41) is 11.1. The van der Waals surface area contributed by atoms with Crippen LogP contribution < -0.4 is 10.2 Å². The third kappa shape index (κ3) is 6.36. The normalized spacial score (nSPS) is 14.9. The number of hydrogen-bond acceptors (Lipinski definition) is 7. The Hall–Kier alpha value is -2.91. The Morgan fingerprint density at radius 3 is 2.38 bits per heavy atom. The van der Waals surface area contributed by atoms with Gasteiger partial charge in [-0.15, -0.1) is 0 Å². The molecule has 1 aromatic carbocycles. The molecule has 0 spiro atoms. The second kappa shape index (κ2) is 10.1. The van der Waals surface area contributed by atoms with Crippen LogP contribution in [0.15, 0.2) is 46.5 Å². The van der Waals surface area contributed by atoms with E-state index in [4.69, 9.17) is 9.97 Å². The Balaban J connectivity index is 1.54. The SMILES string of the molecule is Cc1cc(Cc2cc(N3CCN(C)CC3)nc(Sc3ccc(NC(=O)C(C)(C)C)cc3)n2)n[nH]1. The van der Waals surface area contributed by atoms with Crippen molar-refractivity contribution in [3.05, 3.63) is 53.5 Å². The van der Waals surface area contributed by atoms with Gasteiger partial charge < -0.3 is 15.1 Å². The number of benzene rings is 1. The summed E-state index contributed by atoms with van der Waals surface area (Å²) >= 11 is 1.53. The van der Waals surface area contributed by atoms with E-state index in [9.17, 15) is 4.79 Å². The fourth-order valence-corrected chi connectivity index (χ4v) is 4.36. The molecular formula is C25H33N7OS. The van der Waals surface area contributed by atoms with Crippen LogP contribution in [-0.2, 0) is 11.2 Å². The average molecular weight is 480 g/mol. The number of aryl methyl sites for hydroxylation is 1. The molecule has 0 saturated carbocycles. The molecule has 0 aliphatic carbocycles. The zero-order valence-electron chi connectivity index (χ0n) is 20.6. The molecule has 3 heterocycles. The Bertz CT molecular complexity index is 1130. The third-order valence-corrected chi connectivity index (χ3v) is 6.57. The fourth-order valence-electron chi connectivity index (χ4n) is 3.57. The molecule has 1 saturated heterocycles. The lowest BCUT2D eigenvalue weighted by molar-refractivity contribution is -0.123. The zero-order valence-corrected chi connectivity index (χ0v) is 21.4.